The first-order valence-electron chi connectivity index (χ1n) is 4.84. The van der Waals surface area contributed by atoms with Crippen molar-refractivity contribution < 1.29 is 14.1 Å². The van der Waals surface area contributed by atoms with Gasteiger partial charge in [0.2, 0.25) is 11.7 Å². The molecule has 0 amide bonds. The van der Waals surface area contributed by atoms with Crippen molar-refractivity contribution in [3.63, 3.8) is 0 Å². The van der Waals surface area contributed by atoms with Crippen LogP contribution < -0.4 is 10.3 Å². The fraction of sp³-hybridized carbons (Fsp3) is 0. The molecule has 0 spiro atoms. The molecular formula is C10H5BrFN3O4. The van der Waals surface area contributed by atoms with Crippen LogP contribution in [-0.4, -0.2) is 14.9 Å². The van der Waals surface area contributed by atoms with E-state index in [0.29, 0.717) is 0 Å². The molecule has 0 bridgehead atoms. The van der Waals surface area contributed by atoms with Crippen molar-refractivity contribution in [2.45, 2.75) is 0 Å². The quantitative estimate of drug-likeness (QED) is 0.688. The zero-order chi connectivity index (χ0) is 14.0. The molecule has 0 aliphatic rings. The highest BCUT2D eigenvalue weighted by Crippen LogP contribution is 2.27. The third-order valence-corrected chi connectivity index (χ3v) is 2.79. The Morgan fingerprint density at radius 1 is 1.47 bits per heavy atom. The number of nitrogens with one attached hydrogen (secondary N) is 1. The van der Waals surface area contributed by atoms with Crippen LogP contribution in [0.25, 0.3) is 0 Å². The number of hydrogen-bond donors (Lipinski definition) is 1. The number of aromatic amines is 1. The minimum absolute atomic E-state index is 0.0121. The van der Waals surface area contributed by atoms with Crippen LogP contribution in [0.15, 0.2) is 33.8 Å². The van der Waals surface area contributed by atoms with Crippen molar-refractivity contribution in [2.75, 3.05) is 0 Å². The van der Waals surface area contributed by atoms with Crippen molar-refractivity contribution in [1.29, 1.82) is 0 Å². The molecule has 0 saturated heterocycles. The van der Waals surface area contributed by atoms with Gasteiger partial charge in [-0.05, 0) is 22.0 Å². The molecule has 0 atom stereocenters. The molecule has 0 fully saturated rings. The van der Waals surface area contributed by atoms with Gasteiger partial charge in [0.25, 0.3) is 5.56 Å². The zero-order valence-corrected chi connectivity index (χ0v) is 10.7. The van der Waals surface area contributed by atoms with E-state index >= 15 is 0 Å². The second-order valence-electron chi connectivity index (χ2n) is 3.32. The van der Waals surface area contributed by atoms with E-state index in [1.807, 2.05) is 0 Å². The molecule has 2 aromatic rings. The van der Waals surface area contributed by atoms with E-state index in [4.69, 9.17) is 4.74 Å². The van der Waals surface area contributed by atoms with Gasteiger partial charge in [0, 0.05) is 12.1 Å². The van der Waals surface area contributed by atoms with Gasteiger partial charge in [0.15, 0.2) is 0 Å². The molecule has 9 heteroatoms. The molecule has 0 unspecified atom stereocenters. The smallest absolute Gasteiger partial charge is 0.305 e. The molecule has 1 N–H and O–H groups in total. The van der Waals surface area contributed by atoms with Gasteiger partial charge in [-0.1, -0.05) is 0 Å². The molecule has 98 valence electrons. The van der Waals surface area contributed by atoms with Gasteiger partial charge in [0.05, 0.1) is 11.3 Å². The zero-order valence-electron chi connectivity index (χ0n) is 9.09. The lowest BCUT2D eigenvalue weighted by atomic mass is 10.3. The molecule has 7 nitrogen and oxygen atoms in total. The molecule has 1 aromatic carbocycles. The molecule has 0 aliphatic heterocycles. The summed E-state index contributed by atoms with van der Waals surface area (Å²) in [6.45, 7) is 0. The van der Waals surface area contributed by atoms with Crippen LogP contribution in [0.2, 0.25) is 0 Å². The number of aromatic nitrogens is 2. The third kappa shape index (κ3) is 2.76. The molecule has 0 saturated carbocycles. The highest BCUT2D eigenvalue weighted by atomic mass is 79.9. The van der Waals surface area contributed by atoms with E-state index in [2.05, 4.69) is 25.9 Å². The van der Waals surface area contributed by atoms with E-state index in [0.717, 1.165) is 18.5 Å². The summed E-state index contributed by atoms with van der Waals surface area (Å²) in [6.07, 6.45) is 1.12. The number of ether oxygens (including phenoxy) is 1. The second-order valence-corrected chi connectivity index (χ2v) is 4.12. The Kier molecular flexibility index (Phi) is 3.56. The Bertz CT molecular complexity index is 703. The topological polar surface area (TPSA) is 98.1 Å². The monoisotopic (exact) mass is 329 g/mol. The van der Waals surface area contributed by atoms with Crippen molar-refractivity contribution in [2.24, 2.45) is 0 Å². The lowest BCUT2D eigenvalue weighted by Crippen LogP contribution is -2.08. The Morgan fingerprint density at radius 2 is 2.21 bits per heavy atom. The minimum atomic E-state index is -1.04. The molecule has 0 aliphatic carbocycles. The van der Waals surface area contributed by atoms with E-state index in [1.165, 1.54) is 6.07 Å². The number of nitro benzene ring substituents is 1. The third-order valence-electron chi connectivity index (χ3n) is 2.09. The molecular weight excluding hydrogens is 325 g/mol. The molecule has 1 heterocycles. The fourth-order valence-electron chi connectivity index (χ4n) is 1.25. The largest absolute Gasteiger partial charge is 0.437 e. The first-order chi connectivity index (χ1) is 8.99. The maximum absolute atomic E-state index is 13.4. The molecule has 0 radical (unpaired) electrons. The number of hydrogen-bond acceptors (Lipinski definition) is 5. The van der Waals surface area contributed by atoms with Crippen LogP contribution in [0, 0.1) is 15.9 Å². The second kappa shape index (κ2) is 5.14. The average molecular weight is 330 g/mol. The summed E-state index contributed by atoms with van der Waals surface area (Å²) in [7, 11) is 0. The van der Waals surface area contributed by atoms with Gasteiger partial charge in [-0.25, -0.2) is 4.98 Å². The number of rotatable bonds is 3. The Labute approximate surface area is 113 Å². The number of halogens is 2. The van der Waals surface area contributed by atoms with Crippen molar-refractivity contribution in [3.05, 3.63) is 55.3 Å². The highest BCUT2D eigenvalue weighted by molar-refractivity contribution is 9.10. The fourth-order valence-corrected chi connectivity index (χ4v) is 1.55. The maximum Gasteiger partial charge on any atom is 0.305 e. The summed E-state index contributed by atoms with van der Waals surface area (Å²) < 4.78 is 18.6. The number of H-pyrrole nitrogens is 1. The normalized spacial score (nSPS) is 10.2. The highest BCUT2D eigenvalue weighted by Gasteiger charge is 2.15. The molecule has 19 heavy (non-hydrogen) atoms. The number of benzene rings is 1. The average Bonchev–Trinajstić information content (AvgIpc) is 2.34. The van der Waals surface area contributed by atoms with Gasteiger partial charge in [-0.2, -0.15) is 4.39 Å². The van der Waals surface area contributed by atoms with Crippen LogP contribution in [0.4, 0.5) is 10.1 Å². The van der Waals surface area contributed by atoms with E-state index < -0.39 is 22.0 Å². The van der Waals surface area contributed by atoms with Gasteiger partial charge in [-0.3, -0.25) is 14.9 Å². The van der Waals surface area contributed by atoms with Gasteiger partial charge in [-0.15, -0.1) is 0 Å². The van der Waals surface area contributed by atoms with Gasteiger partial charge >= 0.3 is 5.69 Å². The number of nitro groups is 1. The first-order valence-corrected chi connectivity index (χ1v) is 5.63. The van der Waals surface area contributed by atoms with Crippen LogP contribution in [0.3, 0.4) is 0 Å². The Morgan fingerprint density at radius 3 is 2.84 bits per heavy atom. The van der Waals surface area contributed by atoms with E-state index in [-0.39, 0.29) is 16.1 Å². The Balaban J connectivity index is 2.34. The Hall–Kier alpha value is -2.29. The van der Waals surface area contributed by atoms with Crippen LogP contribution in [0.1, 0.15) is 0 Å². The molecule has 1 aromatic heterocycles. The predicted molar refractivity (Wildman–Crippen MR) is 65.7 cm³/mol. The van der Waals surface area contributed by atoms with E-state index in [9.17, 15) is 19.3 Å². The molecule has 2 rings (SSSR count). The van der Waals surface area contributed by atoms with Crippen molar-refractivity contribution in [1.82, 2.24) is 9.97 Å². The SMILES string of the molecule is O=c1[nH]cnc(Oc2ccc([N+](=O)[O-])c(F)c2)c1Br. The van der Waals surface area contributed by atoms with Gasteiger partial charge in [0.1, 0.15) is 10.2 Å². The van der Waals surface area contributed by atoms with Crippen LogP contribution in [-0.2, 0) is 0 Å². The summed E-state index contributed by atoms with van der Waals surface area (Å²) in [4.78, 5) is 26.9. The summed E-state index contributed by atoms with van der Waals surface area (Å²) in [5.74, 6) is -1.12. The van der Waals surface area contributed by atoms with Crippen molar-refractivity contribution in [3.8, 4) is 11.6 Å². The lowest BCUT2D eigenvalue weighted by Gasteiger charge is -2.05. The van der Waals surface area contributed by atoms with Crippen LogP contribution >= 0.6 is 15.9 Å². The van der Waals surface area contributed by atoms with Crippen LogP contribution in [0.5, 0.6) is 11.6 Å². The summed E-state index contributed by atoms with van der Waals surface area (Å²) in [5.41, 5.74) is -1.13. The van der Waals surface area contributed by atoms with Gasteiger partial charge < -0.3 is 9.72 Å². The predicted octanol–water partition coefficient (Wildman–Crippen LogP) is 2.37. The maximum atomic E-state index is 13.4. The first kappa shape index (κ1) is 13.1. The minimum Gasteiger partial charge on any atom is -0.437 e. The standard InChI is InChI=1S/C10H5BrFN3O4/c11-8-9(16)13-4-14-10(8)19-5-1-2-7(15(17)18)6(12)3-5/h1-4H,(H,13,14,16). The summed E-state index contributed by atoms with van der Waals surface area (Å²) in [5, 5.41) is 10.4. The summed E-state index contributed by atoms with van der Waals surface area (Å²) in [6, 6.07) is 3.01. The van der Waals surface area contributed by atoms with Crippen molar-refractivity contribution >= 4 is 21.6 Å². The number of nitrogens with zero attached hydrogens (tertiary/aromatic N) is 2. The lowest BCUT2D eigenvalue weighted by molar-refractivity contribution is -0.387. The summed E-state index contributed by atoms with van der Waals surface area (Å²) >= 11 is 2.96. The van der Waals surface area contributed by atoms with E-state index in [1.54, 1.807) is 0 Å².